The quantitative estimate of drug-likeness (QED) is 0.514. The fourth-order valence-electron chi connectivity index (χ4n) is 0.504. The summed E-state index contributed by atoms with van der Waals surface area (Å²) >= 11 is 0. The third-order valence-electron chi connectivity index (χ3n) is 0.981. The molecule has 4 nitrogen and oxygen atoms in total. The van der Waals surface area contributed by atoms with Crippen LogP contribution in [0.5, 0.6) is 0 Å². The van der Waals surface area contributed by atoms with Gasteiger partial charge < -0.3 is 10.2 Å². The van der Waals surface area contributed by atoms with Gasteiger partial charge >= 0.3 is 0 Å². The molecule has 0 aromatic heterocycles. The van der Waals surface area contributed by atoms with Gasteiger partial charge in [-0.15, -0.1) is 0 Å². The third kappa shape index (κ3) is 5.39. The molecular formula is C5H11NO3. The molecule has 1 unspecified atom stereocenters. The molecule has 0 saturated carbocycles. The average molecular weight is 133 g/mol. The number of rotatable bonds is 5. The van der Waals surface area contributed by atoms with E-state index >= 15 is 0 Å². The number of aliphatic hydroxyl groups excluding tert-OH is 2. The zero-order chi connectivity index (χ0) is 7.11. The second kappa shape index (κ2) is 5.65. The van der Waals surface area contributed by atoms with Gasteiger partial charge in [0.1, 0.15) is 6.54 Å². The van der Waals surface area contributed by atoms with Crippen LogP contribution in [0.3, 0.4) is 0 Å². The molecule has 0 aliphatic heterocycles. The van der Waals surface area contributed by atoms with Gasteiger partial charge in [0.25, 0.3) is 0 Å². The molecule has 0 amide bonds. The zero-order valence-corrected chi connectivity index (χ0v) is 5.16. The van der Waals surface area contributed by atoms with Gasteiger partial charge in [0.05, 0.1) is 6.10 Å². The summed E-state index contributed by atoms with van der Waals surface area (Å²) in [5, 5.41) is 19.5. The normalized spacial score (nSPS) is 13.1. The van der Waals surface area contributed by atoms with Crippen LogP contribution in [-0.2, 0) is 0 Å². The number of hydrogen-bond acceptors (Lipinski definition) is 4. The van der Waals surface area contributed by atoms with E-state index in [4.69, 9.17) is 10.2 Å². The first-order valence-electron chi connectivity index (χ1n) is 2.89. The fraction of sp³-hybridized carbons (Fsp3) is 1.00. The van der Waals surface area contributed by atoms with E-state index in [9.17, 15) is 4.91 Å². The van der Waals surface area contributed by atoms with Crippen molar-refractivity contribution in [2.45, 2.75) is 18.9 Å². The smallest absolute Gasteiger partial charge is 0.107 e. The third-order valence-corrected chi connectivity index (χ3v) is 0.981. The van der Waals surface area contributed by atoms with Gasteiger partial charge in [-0.2, -0.15) is 4.91 Å². The SMILES string of the molecule is O=NCC(O)CCCO. The molecule has 0 radical (unpaired) electrons. The van der Waals surface area contributed by atoms with Crippen LogP contribution in [0.25, 0.3) is 0 Å². The molecule has 0 heterocycles. The van der Waals surface area contributed by atoms with E-state index in [0.29, 0.717) is 12.8 Å². The first-order valence-corrected chi connectivity index (χ1v) is 2.89. The molecule has 0 bridgehead atoms. The lowest BCUT2D eigenvalue weighted by Crippen LogP contribution is -2.10. The van der Waals surface area contributed by atoms with Crippen molar-refractivity contribution in [1.29, 1.82) is 0 Å². The topological polar surface area (TPSA) is 69.9 Å². The van der Waals surface area contributed by atoms with Crippen molar-refractivity contribution in [2.24, 2.45) is 5.18 Å². The molecule has 54 valence electrons. The second-order valence-corrected chi connectivity index (χ2v) is 1.83. The minimum absolute atomic E-state index is 0.0515. The van der Waals surface area contributed by atoms with Crippen molar-refractivity contribution in [2.75, 3.05) is 13.2 Å². The zero-order valence-electron chi connectivity index (χ0n) is 5.16. The maximum absolute atomic E-state index is 9.51. The van der Waals surface area contributed by atoms with Crippen molar-refractivity contribution < 1.29 is 10.2 Å². The first kappa shape index (κ1) is 8.52. The second-order valence-electron chi connectivity index (χ2n) is 1.83. The Balaban J connectivity index is 3.04. The predicted molar refractivity (Wildman–Crippen MR) is 33.0 cm³/mol. The van der Waals surface area contributed by atoms with Crippen LogP contribution in [0, 0.1) is 4.91 Å². The summed E-state index contributed by atoms with van der Waals surface area (Å²) in [5.41, 5.74) is 0. The molecule has 0 aromatic rings. The molecule has 0 aliphatic carbocycles. The molecule has 4 heteroatoms. The Morgan fingerprint density at radius 3 is 2.67 bits per heavy atom. The lowest BCUT2D eigenvalue weighted by atomic mass is 10.2. The highest BCUT2D eigenvalue weighted by molar-refractivity contribution is 4.56. The largest absolute Gasteiger partial charge is 0.396 e. The number of nitrogens with zero attached hydrogens (tertiary/aromatic N) is 1. The van der Waals surface area contributed by atoms with E-state index in [2.05, 4.69) is 5.18 Å². The summed E-state index contributed by atoms with van der Waals surface area (Å²) < 4.78 is 0. The standard InChI is InChI=1S/C5H11NO3/c7-3-1-2-5(8)4-6-9/h5,7-8H,1-4H2. The summed E-state index contributed by atoms with van der Waals surface area (Å²) in [4.78, 5) is 9.51. The maximum Gasteiger partial charge on any atom is 0.107 e. The number of nitroso groups, excluding NO2 is 1. The highest BCUT2D eigenvalue weighted by atomic mass is 16.3. The highest BCUT2D eigenvalue weighted by Gasteiger charge is 2.01. The minimum Gasteiger partial charge on any atom is -0.396 e. The molecule has 2 N–H and O–H groups in total. The lowest BCUT2D eigenvalue weighted by Gasteiger charge is -2.01. The summed E-state index contributed by atoms with van der Waals surface area (Å²) in [6.45, 7) is -0.0179. The van der Waals surface area contributed by atoms with Crippen LogP contribution >= 0.6 is 0 Å². The van der Waals surface area contributed by atoms with Crippen LogP contribution in [0.15, 0.2) is 5.18 Å². The van der Waals surface area contributed by atoms with Crippen molar-refractivity contribution in [3.63, 3.8) is 0 Å². The molecule has 0 fully saturated rings. The van der Waals surface area contributed by atoms with E-state index in [1.165, 1.54) is 0 Å². The van der Waals surface area contributed by atoms with E-state index in [0.717, 1.165) is 0 Å². The van der Waals surface area contributed by atoms with Crippen molar-refractivity contribution in [3.8, 4) is 0 Å². The molecule has 0 aliphatic rings. The maximum atomic E-state index is 9.51. The van der Waals surface area contributed by atoms with E-state index in [-0.39, 0.29) is 13.2 Å². The summed E-state index contributed by atoms with van der Waals surface area (Å²) in [6, 6.07) is 0. The van der Waals surface area contributed by atoms with Gasteiger partial charge in [-0.25, -0.2) is 0 Å². The van der Waals surface area contributed by atoms with Gasteiger partial charge in [-0.1, -0.05) is 5.18 Å². The van der Waals surface area contributed by atoms with Crippen molar-refractivity contribution >= 4 is 0 Å². The molecule has 0 saturated heterocycles. The summed E-state index contributed by atoms with van der Waals surface area (Å²) in [6.07, 6.45) is 0.300. The molecule has 9 heavy (non-hydrogen) atoms. The van der Waals surface area contributed by atoms with Gasteiger partial charge in [0, 0.05) is 6.61 Å². The molecule has 1 atom stereocenters. The Morgan fingerprint density at radius 1 is 1.56 bits per heavy atom. The van der Waals surface area contributed by atoms with Crippen LogP contribution in [0.4, 0.5) is 0 Å². The van der Waals surface area contributed by atoms with Crippen molar-refractivity contribution in [3.05, 3.63) is 4.91 Å². The highest BCUT2D eigenvalue weighted by Crippen LogP contribution is 1.95. The monoisotopic (exact) mass is 133 g/mol. The molecule has 0 rings (SSSR count). The van der Waals surface area contributed by atoms with Crippen molar-refractivity contribution in [1.82, 2.24) is 0 Å². The lowest BCUT2D eigenvalue weighted by molar-refractivity contribution is 0.157. The average Bonchev–Trinajstić information content (AvgIpc) is 1.85. The Morgan fingerprint density at radius 2 is 2.22 bits per heavy atom. The Kier molecular flexibility index (Phi) is 5.35. The van der Waals surface area contributed by atoms with Gasteiger partial charge in [0.2, 0.25) is 0 Å². The van der Waals surface area contributed by atoms with E-state index in [1.54, 1.807) is 0 Å². The fourth-order valence-corrected chi connectivity index (χ4v) is 0.504. The molecule has 0 aromatic carbocycles. The van der Waals surface area contributed by atoms with Crippen LogP contribution in [-0.4, -0.2) is 29.5 Å². The minimum atomic E-state index is -0.672. The van der Waals surface area contributed by atoms with Crippen LogP contribution in [0.1, 0.15) is 12.8 Å². The molecule has 0 spiro atoms. The molecular weight excluding hydrogens is 122 g/mol. The van der Waals surface area contributed by atoms with Crippen LogP contribution in [0.2, 0.25) is 0 Å². The number of aliphatic hydroxyl groups is 2. The van der Waals surface area contributed by atoms with Crippen LogP contribution < -0.4 is 0 Å². The summed E-state index contributed by atoms with van der Waals surface area (Å²) in [5.74, 6) is 0. The Hall–Kier alpha value is -0.480. The predicted octanol–water partition coefficient (Wildman–Crippen LogP) is -0.114. The van der Waals surface area contributed by atoms with Gasteiger partial charge in [0.15, 0.2) is 0 Å². The van der Waals surface area contributed by atoms with Gasteiger partial charge in [-0.05, 0) is 12.8 Å². The Bertz CT molecular complexity index is 76.6. The number of hydrogen-bond donors (Lipinski definition) is 2. The Labute approximate surface area is 53.5 Å². The van der Waals surface area contributed by atoms with E-state index in [1.807, 2.05) is 0 Å². The van der Waals surface area contributed by atoms with Gasteiger partial charge in [-0.3, -0.25) is 0 Å². The van der Waals surface area contributed by atoms with E-state index < -0.39 is 6.10 Å². The first-order chi connectivity index (χ1) is 4.31. The summed E-state index contributed by atoms with van der Waals surface area (Å²) in [7, 11) is 0.